The second-order valence-electron chi connectivity index (χ2n) is 8.04. The molecule has 3 aromatic carbocycles. The third kappa shape index (κ3) is 3.78. The van der Waals surface area contributed by atoms with Crippen molar-refractivity contribution in [2.24, 2.45) is 0 Å². The molecule has 1 heterocycles. The number of rotatable bonds is 6. The SMILES string of the molecule is COc1ccc(C2=C(N(C)c3ccccc3)C(=O)N(c3ccc(C(C)C)cc3)C2=O)cc1. The van der Waals surface area contributed by atoms with Gasteiger partial charge in [0, 0.05) is 12.7 Å². The van der Waals surface area contributed by atoms with Gasteiger partial charge in [0.05, 0.1) is 18.4 Å². The first-order valence-electron chi connectivity index (χ1n) is 10.6. The zero-order chi connectivity index (χ0) is 22.8. The van der Waals surface area contributed by atoms with Crippen LogP contribution >= 0.6 is 0 Å². The summed E-state index contributed by atoms with van der Waals surface area (Å²) >= 11 is 0. The van der Waals surface area contributed by atoms with E-state index >= 15 is 0 Å². The van der Waals surface area contributed by atoms with E-state index in [0.29, 0.717) is 34.2 Å². The number of amides is 2. The van der Waals surface area contributed by atoms with Crippen molar-refractivity contribution in [1.29, 1.82) is 0 Å². The number of nitrogens with zero attached hydrogens (tertiary/aromatic N) is 2. The standard InChI is InChI=1S/C27H26N2O3/c1-18(2)19-10-14-22(15-11-19)29-26(30)24(20-12-16-23(32-4)17-13-20)25(27(29)31)28(3)21-8-6-5-7-9-21/h5-18H,1-4H3. The van der Waals surface area contributed by atoms with E-state index in [0.717, 1.165) is 11.3 Å². The van der Waals surface area contributed by atoms with Crippen LogP contribution in [0.15, 0.2) is 84.6 Å². The van der Waals surface area contributed by atoms with Crippen LogP contribution in [0, 0.1) is 0 Å². The Hall–Kier alpha value is -3.86. The first-order chi connectivity index (χ1) is 15.4. The number of likely N-dealkylation sites (N-methyl/N-ethyl adjacent to an activating group) is 1. The Labute approximate surface area is 188 Å². The van der Waals surface area contributed by atoms with Gasteiger partial charge in [-0.15, -0.1) is 0 Å². The van der Waals surface area contributed by atoms with Crippen LogP contribution in [0.3, 0.4) is 0 Å². The van der Waals surface area contributed by atoms with Crippen LogP contribution < -0.4 is 14.5 Å². The highest BCUT2D eigenvalue weighted by Gasteiger charge is 2.42. The fourth-order valence-corrected chi connectivity index (χ4v) is 3.87. The molecule has 0 unspecified atom stereocenters. The van der Waals surface area contributed by atoms with Crippen LogP contribution in [0.4, 0.5) is 11.4 Å². The van der Waals surface area contributed by atoms with Crippen molar-refractivity contribution in [1.82, 2.24) is 0 Å². The van der Waals surface area contributed by atoms with Gasteiger partial charge in [-0.2, -0.15) is 0 Å². The molecular formula is C27H26N2O3. The minimum absolute atomic E-state index is 0.338. The molecule has 4 rings (SSSR count). The number of carbonyl (C=O) groups is 2. The molecule has 0 atom stereocenters. The van der Waals surface area contributed by atoms with E-state index in [1.165, 1.54) is 4.90 Å². The maximum absolute atomic E-state index is 13.6. The van der Waals surface area contributed by atoms with E-state index in [-0.39, 0.29) is 11.8 Å². The lowest BCUT2D eigenvalue weighted by Crippen LogP contribution is -2.34. The van der Waals surface area contributed by atoms with Crippen LogP contribution in [-0.4, -0.2) is 26.0 Å². The molecule has 0 saturated carbocycles. The smallest absolute Gasteiger partial charge is 0.282 e. The second kappa shape index (κ2) is 8.71. The Balaban J connectivity index is 1.82. The van der Waals surface area contributed by atoms with Gasteiger partial charge >= 0.3 is 0 Å². The number of methoxy groups -OCH3 is 1. The minimum Gasteiger partial charge on any atom is -0.497 e. The zero-order valence-corrected chi connectivity index (χ0v) is 18.7. The van der Waals surface area contributed by atoms with Gasteiger partial charge in [-0.1, -0.05) is 56.3 Å². The summed E-state index contributed by atoms with van der Waals surface area (Å²) in [6.07, 6.45) is 0. The van der Waals surface area contributed by atoms with Crippen molar-refractivity contribution in [2.45, 2.75) is 19.8 Å². The highest BCUT2D eigenvalue weighted by atomic mass is 16.5. The summed E-state index contributed by atoms with van der Waals surface area (Å²) in [6, 6.07) is 24.4. The maximum Gasteiger partial charge on any atom is 0.282 e. The largest absolute Gasteiger partial charge is 0.497 e. The summed E-state index contributed by atoms with van der Waals surface area (Å²) in [5.74, 6) is 0.367. The van der Waals surface area contributed by atoms with Crippen LogP contribution in [0.5, 0.6) is 5.75 Å². The van der Waals surface area contributed by atoms with Crippen LogP contribution in [0.25, 0.3) is 5.57 Å². The van der Waals surface area contributed by atoms with Crippen molar-refractivity contribution >= 4 is 28.8 Å². The number of para-hydroxylation sites is 1. The van der Waals surface area contributed by atoms with Gasteiger partial charge in [-0.05, 0) is 53.4 Å². The predicted molar refractivity (Wildman–Crippen MR) is 128 cm³/mol. The molecule has 0 aromatic heterocycles. The molecule has 0 fully saturated rings. The second-order valence-corrected chi connectivity index (χ2v) is 8.04. The first-order valence-corrected chi connectivity index (χ1v) is 10.6. The lowest BCUT2D eigenvalue weighted by atomic mass is 10.0. The van der Waals surface area contributed by atoms with E-state index in [2.05, 4.69) is 13.8 Å². The molecule has 2 amide bonds. The summed E-state index contributed by atoms with van der Waals surface area (Å²) in [5.41, 5.74) is 3.93. The molecule has 0 saturated heterocycles. The van der Waals surface area contributed by atoms with E-state index < -0.39 is 0 Å². The average Bonchev–Trinajstić information content (AvgIpc) is 3.09. The van der Waals surface area contributed by atoms with E-state index in [9.17, 15) is 9.59 Å². The number of benzene rings is 3. The van der Waals surface area contributed by atoms with Crippen molar-refractivity contribution in [2.75, 3.05) is 24.0 Å². The summed E-state index contributed by atoms with van der Waals surface area (Å²) in [7, 11) is 3.40. The zero-order valence-electron chi connectivity index (χ0n) is 18.7. The van der Waals surface area contributed by atoms with E-state index in [1.807, 2.05) is 73.8 Å². The van der Waals surface area contributed by atoms with Crippen molar-refractivity contribution < 1.29 is 14.3 Å². The lowest BCUT2D eigenvalue weighted by Gasteiger charge is -2.21. The Morgan fingerprint density at radius 1 is 0.812 bits per heavy atom. The molecule has 0 spiro atoms. The third-order valence-electron chi connectivity index (χ3n) is 5.73. The average molecular weight is 427 g/mol. The molecule has 1 aliphatic heterocycles. The van der Waals surface area contributed by atoms with Gasteiger partial charge in [-0.3, -0.25) is 9.59 Å². The van der Waals surface area contributed by atoms with Gasteiger partial charge in [0.25, 0.3) is 11.8 Å². The molecule has 5 heteroatoms. The molecule has 162 valence electrons. The summed E-state index contributed by atoms with van der Waals surface area (Å²) < 4.78 is 5.26. The molecule has 0 aliphatic carbocycles. The summed E-state index contributed by atoms with van der Waals surface area (Å²) in [5, 5.41) is 0. The Morgan fingerprint density at radius 3 is 2.00 bits per heavy atom. The number of hydrogen-bond acceptors (Lipinski definition) is 4. The van der Waals surface area contributed by atoms with Crippen LogP contribution in [0.2, 0.25) is 0 Å². The van der Waals surface area contributed by atoms with Crippen molar-refractivity contribution in [3.05, 3.63) is 95.7 Å². The maximum atomic E-state index is 13.6. The summed E-state index contributed by atoms with van der Waals surface area (Å²) in [6.45, 7) is 4.22. The van der Waals surface area contributed by atoms with E-state index in [1.54, 1.807) is 24.1 Å². The van der Waals surface area contributed by atoms with E-state index in [4.69, 9.17) is 4.74 Å². The van der Waals surface area contributed by atoms with Crippen molar-refractivity contribution in [3.63, 3.8) is 0 Å². The third-order valence-corrected chi connectivity index (χ3v) is 5.73. The number of imide groups is 1. The van der Waals surface area contributed by atoms with Crippen LogP contribution in [-0.2, 0) is 9.59 Å². The van der Waals surface area contributed by atoms with Gasteiger partial charge in [0.2, 0.25) is 0 Å². The van der Waals surface area contributed by atoms with Gasteiger partial charge in [0.15, 0.2) is 0 Å². The molecule has 1 aliphatic rings. The van der Waals surface area contributed by atoms with Crippen LogP contribution in [0.1, 0.15) is 30.9 Å². The fraction of sp³-hybridized carbons (Fsp3) is 0.185. The number of ether oxygens (including phenoxy) is 1. The van der Waals surface area contributed by atoms with Crippen molar-refractivity contribution in [3.8, 4) is 5.75 Å². The Bertz CT molecular complexity index is 1160. The van der Waals surface area contributed by atoms with Gasteiger partial charge in [0.1, 0.15) is 11.4 Å². The predicted octanol–water partition coefficient (Wildman–Crippen LogP) is 5.24. The number of hydrogen-bond donors (Lipinski definition) is 0. The highest BCUT2D eigenvalue weighted by molar-refractivity contribution is 6.46. The molecule has 32 heavy (non-hydrogen) atoms. The number of anilines is 2. The Morgan fingerprint density at radius 2 is 1.44 bits per heavy atom. The number of carbonyl (C=O) groups excluding carboxylic acids is 2. The Kier molecular flexibility index (Phi) is 5.82. The summed E-state index contributed by atoms with van der Waals surface area (Å²) in [4.78, 5) is 30.3. The molecule has 5 nitrogen and oxygen atoms in total. The monoisotopic (exact) mass is 426 g/mol. The lowest BCUT2D eigenvalue weighted by molar-refractivity contribution is -0.120. The molecule has 0 N–H and O–H groups in total. The molecule has 3 aromatic rings. The van der Waals surface area contributed by atoms with Gasteiger partial charge < -0.3 is 9.64 Å². The molecule has 0 bridgehead atoms. The highest BCUT2D eigenvalue weighted by Crippen LogP contribution is 2.36. The normalized spacial score (nSPS) is 13.8. The first kappa shape index (κ1) is 21.4. The fourth-order valence-electron chi connectivity index (χ4n) is 3.87. The molecule has 0 radical (unpaired) electrons. The minimum atomic E-state index is -0.343. The molecular weight excluding hydrogens is 400 g/mol. The quantitative estimate of drug-likeness (QED) is 0.506. The van der Waals surface area contributed by atoms with Gasteiger partial charge in [-0.25, -0.2) is 4.90 Å². The topological polar surface area (TPSA) is 49.9 Å².